The third-order valence-electron chi connectivity index (χ3n) is 0.875. The maximum Gasteiger partial charge on any atom is 0.145 e. The van der Waals surface area contributed by atoms with Crippen molar-refractivity contribution >= 4 is 10.5 Å². The van der Waals surface area contributed by atoms with E-state index in [1.807, 2.05) is 0 Å². The maximum atomic E-state index is 4.99. The predicted octanol–water partition coefficient (Wildman–Crippen LogP) is 0.640. The molecular formula is C6H14OSi. The zero-order valence-electron chi connectivity index (χ0n) is 5.90. The van der Waals surface area contributed by atoms with Gasteiger partial charge < -0.3 is 4.43 Å². The lowest BCUT2D eigenvalue weighted by Gasteiger charge is -1.91. The van der Waals surface area contributed by atoms with Crippen molar-refractivity contribution < 1.29 is 4.43 Å². The average Bonchev–Trinajstić information content (AvgIpc) is 1.66. The van der Waals surface area contributed by atoms with Crippen LogP contribution in [0.4, 0.5) is 0 Å². The Morgan fingerprint density at radius 3 is 2.62 bits per heavy atom. The highest BCUT2D eigenvalue weighted by Crippen LogP contribution is 1.91. The molecule has 0 unspecified atom stereocenters. The van der Waals surface area contributed by atoms with E-state index in [-0.39, 0.29) is 0 Å². The van der Waals surface area contributed by atoms with Gasteiger partial charge in [-0.05, 0) is 20.3 Å². The Labute approximate surface area is 54.3 Å². The van der Waals surface area contributed by atoms with Crippen LogP contribution in [-0.2, 0) is 4.43 Å². The molecule has 0 bridgehead atoms. The molecule has 0 aromatic heterocycles. The molecule has 0 aromatic rings. The van der Waals surface area contributed by atoms with Gasteiger partial charge in [-0.3, -0.25) is 0 Å². The Balaban J connectivity index is 3.03. The molecule has 0 aromatic carbocycles. The van der Waals surface area contributed by atoms with Gasteiger partial charge in [0.2, 0.25) is 0 Å². The van der Waals surface area contributed by atoms with Gasteiger partial charge in [0.05, 0.1) is 0 Å². The van der Waals surface area contributed by atoms with Crippen LogP contribution in [0.5, 0.6) is 0 Å². The summed E-state index contributed by atoms with van der Waals surface area (Å²) in [5.74, 6) is 0. The highest BCUT2D eigenvalue weighted by molar-refractivity contribution is 5.97. The minimum absolute atomic E-state index is 0.870. The molecule has 0 saturated heterocycles. The fourth-order valence-corrected chi connectivity index (χ4v) is 0.701. The lowest BCUT2D eigenvalue weighted by molar-refractivity contribution is 0.357. The van der Waals surface area contributed by atoms with E-state index in [4.69, 9.17) is 4.43 Å². The molecule has 0 aliphatic carbocycles. The first kappa shape index (κ1) is 7.92. The molecule has 0 aliphatic rings. The number of hydrogen-bond donors (Lipinski definition) is 0. The van der Waals surface area contributed by atoms with Crippen LogP contribution in [-0.4, -0.2) is 17.1 Å². The van der Waals surface area contributed by atoms with Crippen LogP contribution in [0.25, 0.3) is 0 Å². The Hall–Kier alpha value is -0.0831. The summed E-state index contributed by atoms with van der Waals surface area (Å²) in [5, 5.41) is 0. The van der Waals surface area contributed by atoms with Crippen LogP contribution in [0.3, 0.4) is 0 Å². The standard InChI is InChI=1S/C6H14OSi/c1-6(2)4-3-5-7-8/h4H,3,5H2,1-2,8H3. The summed E-state index contributed by atoms with van der Waals surface area (Å²) in [6.45, 7) is 5.11. The summed E-state index contributed by atoms with van der Waals surface area (Å²) in [5.41, 5.74) is 1.38. The van der Waals surface area contributed by atoms with Crippen molar-refractivity contribution in [1.82, 2.24) is 0 Å². The largest absolute Gasteiger partial charge is 0.428 e. The normalized spacial score (nSPS) is 9.25. The number of hydrogen-bond acceptors (Lipinski definition) is 1. The van der Waals surface area contributed by atoms with Crippen molar-refractivity contribution in [3.05, 3.63) is 11.6 Å². The van der Waals surface area contributed by atoms with Gasteiger partial charge in [0.1, 0.15) is 10.5 Å². The molecule has 48 valence electrons. The first-order chi connectivity index (χ1) is 3.77. The first-order valence-corrected chi connectivity index (χ1v) is 3.71. The fourth-order valence-electron chi connectivity index (χ4n) is 0.465. The van der Waals surface area contributed by atoms with Crippen molar-refractivity contribution in [2.45, 2.75) is 20.3 Å². The van der Waals surface area contributed by atoms with Crippen LogP contribution in [0, 0.1) is 0 Å². The van der Waals surface area contributed by atoms with E-state index < -0.39 is 0 Å². The maximum absolute atomic E-state index is 4.99. The zero-order valence-corrected chi connectivity index (χ0v) is 7.90. The molecule has 2 heteroatoms. The smallest absolute Gasteiger partial charge is 0.145 e. The SMILES string of the molecule is CC(C)=CCCO[SiH3]. The highest BCUT2D eigenvalue weighted by Gasteiger charge is 1.77. The Kier molecular flexibility index (Phi) is 5.01. The zero-order chi connectivity index (χ0) is 6.41. The Bertz CT molecular complexity index is 74.6. The van der Waals surface area contributed by atoms with E-state index in [2.05, 4.69) is 19.9 Å². The summed E-state index contributed by atoms with van der Waals surface area (Å²) < 4.78 is 4.99. The number of allylic oxidation sites excluding steroid dienone is 1. The Morgan fingerprint density at radius 1 is 1.62 bits per heavy atom. The third-order valence-corrected chi connectivity index (χ3v) is 1.28. The molecule has 0 aliphatic heterocycles. The van der Waals surface area contributed by atoms with Crippen molar-refractivity contribution in [2.75, 3.05) is 6.61 Å². The second kappa shape index (κ2) is 5.06. The first-order valence-electron chi connectivity index (χ1n) is 2.89. The molecule has 0 saturated carbocycles. The minimum atomic E-state index is 0.870. The molecule has 0 radical (unpaired) electrons. The van der Waals surface area contributed by atoms with Crippen LogP contribution in [0.2, 0.25) is 0 Å². The molecule has 0 heterocycles. The van der Waals surface area contributed by atoms with Crippen molar-refractivity contribution in [3.63, 3.8) is 0 Å². The minimum Gasteiger partial charge on any atom is -0.428 e. The van der Waals surface area contributed by atoms with Gasteiger partial charge in [-0.25, -0.2) is 0 Å². The van der Waals surface area contributed by atoms with Crippen LogP contribution < -0.4 is 0 Å². The molecule has 0 N–H and O–H groups in total. The van der Waals surface area contributed by atoms with Gasteiger partial charge >= 0.3 is 0 Å². The third kappa shape index (κ3) is 5.92. The second-order valence-corrected chi connectivity index (χ2v) is 2.64. The topological polar surface area (TPSA) is 9.23 Å². The number of rotatable bonds is 3. The van der Waals surface area contributed by atoms with Gasteiger partial charge in [0.25, 0.3) is 0 Å². The summed E-state index contributed by atoms with van der Waals surface area (Å²) in [7, 11) is 0.870. The predicted molar refractivity (Wildman–Crippen MR) is 39.9 cm³/mol. The van der Waals surface area contributed by atoms with Gasteiger partial charge in [-0.15, -0.1) is 0 Å². The van der Waals surface area contributed by atoms with E-state index in [9.17, 15) is 0 Å². The Morgan fingerprint density at radius 2 is 2.25 bits per heavy atom. The molecule has 1 nitrogen and oxygen atoms in total. The van der Waals surface area contributed by atoms with Gasteiger partial charge in [-0.1, -0.05) is 11.6 Å². The van der Waals surface area contributed by atoms with Crippen LogP contribution in [0.1, 0.15) is 20.3 Å². The van der Waals surface area contributed by atoms with Crippen molar-refractivity contribution in [3.8, 4) is 0 Å². The van der Waals surface area contributed by atoms with Crippen LogP contribution in [0.15, 0.2) is 11.6 Å². The lowest BCUT2D eigenvalue weighted by atomic mass is 10.3. The molecule has 0 atom stereocenters. The van der Waals surface area contributed by atoms with E-state index >= 15 is 0 Å². The summed E-state index contributed by atoms with van der Waals surface area (Å²) in [6.07, 6.45) is 3.27. The summed E-state index contributed by atoms with van der Waals surface area (Å²) in [4.78, 5) is 0. The van der Waals surface area contributed by atoms with Crippen molar-refractivity contribution in [1.29, 1.82) is 0 Å². The van der Waals surface area contributed by atoms with E-state index in [0.29, 0.717) is 0 Å². The molecule has 0 fully saturated rings. The van der Waals surface area contributed by atoms with Crippen LogP contribution >= 0.6 is 0 Å². The van der Waals surface area contributed by atoms with Crippen molar-refractivity contribution in [2.24, 2.45) is 0 Å². The average molecular weight is 130 g/mol. The molecule has 8 heavy (non-hydrogen) atoms. The van der Waals surface area contributed by atoms with E-state index in [1.54, 1.807) is 0 Å². The van der Waals surface area contributed by atoms with E-state index in [0.717, 1.165) is 23.5 Å². The van der Waals surface area contributed by atoms with Gasteiger partial charge in [-0.2, -0.15) is 0 Å². The lowest BCUT2D eigenvalue weighted by Crippen LogP contribution is -1.85. The molecule has 0 spiro atoms. The summed E-state index contributed by atoms with van der Waals surface area (Å²) >= 11 is 0. The van der Waals surface area contributed by atoms with E-state index in [1.165, 1.54) is 5.57 Å². The van der Waals surface area contributed by atoms with Gasteiger partial charge in [0.15, 0.2) is 0 Å². The highest BCUT2D eigenvalue weighted by atomic mass is 28.2. The molecular weight excluding hydrogens is 116 g/mol. The second-order valence-electron chi connectivity index (χ2n) is 2.06. The summed E-state index contributed by atoms with van der Waals surface area (Å²) in [6, 6.07) is 0. The van der Waals surface area contributed by atoms with Gasteiger partial charge in [0, 0.05) is 6.61 Å². The molecule has 0 rings (SSSR count). The fraction of sp³-hybridized carbons (Fsp3) is 0.667. The quantitative estimate of drug-likeness (QED) is 0.309. The monoisotopic (exact) mass is 130 g/mol. The molecule has 0 amide bonds.